The van der Waals surface area contributed by atoms with Gasteiger partial charge in [-0.1, -0.05) is 18.2 Å². The number of hydrogen-bond acceptors (Lipinski definition) is 4. The van der Waals surface area contributed by atoms with Gasteiger partial charge >= 0.3 is 5.69 Å². The van der Waals surface area contributed by atoms with Crippen LogP contribution in [-0.2, 0) is 24.1 Å². The lowest BCUT2D eigenvalue weighted by Gasteiger charge is -2.26. The number of nitrogens with one attached hydrogen (secondary N) is 1. The second-order valence-electron chi connectivity index (χ2n) is 9.17. The molecular weight excluding hydrogens is 443 g/mol. The van der Waals surface area contributed by atoms with Crippen molar-refractivity contribution in [2.75, 3.05) is 32.8 Å². The Labute approximate surface area is 202 Å². The fraction of sp³-hybridized carbons (Fsp3) is 0.286. The van der Waals surface area contributed by atoms with Crippen LogP contribution >= 0.6 is 0 Å². The Kier molecular flexibility index (Phi) is 5.80. The summed E-state index contributed by atoms with van der Waals surface area (Å²) >= 11 is 0. The molecule has 178 valence electrons. The van der Waals surface area contributed by atoms with E-state index in [9.17, 15) is 9.18 Å². The van der Waals surface area contributed by atoms with Gasteiger partial charge in [0.05, 0.1) is 24.2 Å². The van der Waals surface area contributed by atoms with Crippen molar-refractivity contribution < 1.29 is 9.13 Å². The van der Waals surface area contributed by atoms with Gasteiger partial charge in [0.1, 0.15) is 5.82 Å². The number of H-pyrrole nitrogens is 1. The molecule has 6 rings (SSSR count). The lowest BCUT2D eigenvalue weighted by Crippen LogP contribution is -2.39. The van der Waals surface area contributed by atoms with Gasteiger partial charge in [0.2, 0.25) is 0 Å². The van der Waals surface area contributed by atoms with Crippen LogP contribution < -0.4 is 5.69 Å². The van der Waals surface area contributed by atoms with Crippen LogP contribution in [0.1, 0.15) is 27.9 Å². The molecule has 1 N–H and O–H groups in total. The maximum atomic E-state index is 14.0. The number of aryl methyl sites for hydroxylation is 2. The molecule has 4 aromatic rings. The Morgan fingerprint density at radius 3 is 2.80 bits per heavy atom. The van der Waals surface area contributed by atoms with Gasteiger partial charge in [0.15, 0.2) is 0 Å². The summed E-state index contributed by atoms with van der Waals surface area (Å²) < 4.78 is 21.3. The first-order valence-corrected chi connectivity index (χ1v) is 12.1. The van der Waals surface area contributed by atoms with E-state index in [0.29, 0.717) is 6.54 Å². The average Bonchev–Trinajstić information content (AvgIpc) is 3.11. The van der Waals surface area contributed by atoms with Crippen molar-refractivity contribution in [2.24, 2.45) is 0 Å². The van der Waals surface area contributed by atoms with Crippen LogP contribution in [0.4, 0.5) is 4.39 Å². The number of pyridine rings is 1. The number of ether oxygens (including phenoxy) is 1. The molecular formula is C28H27FN4O2. The summed E-state index contributed by atoms with van der Waals surface area (Å²) in [6.45, 7) is 4.74. The number of nitrogens with zero attached hydrogens (tertiary/aromatic N) is 3. The van der Waals surface area contributed by atoms with Gasteiger partial charge in [0, 0.05) is 43.6 Å². The predicted octanol–water partition coefficient (Wildman–Crippen LogP) is 3.88. The van der Waals surface area contributed by atoms with Crippen molar-refractivity contribution in [3.63, 3.8) is 0 Å². The molecule has 0 bridgehead atoms. The Balaban J connectivity index is 1.38. The smallest absolute Gasteiger partial charge is 0.326 e. The number of benzene rings is 2. The van der Waals surface area contributed by atoms with E-state index in [0.717, 1.165) is 90.2 Å². The van der Waals surface area contributed by atoms with Crippen LogP contribution in [0.2, 0.25) is 0 Å². The zero-order valence-corrected chi connectivity index (χ0v) is 19.5. The summed E-state index contributed by atoms with van der Waals surface area (Å²) in [4.78, 5) is 22.7. The van der Waals surface area contributed by atoms with E-state index in [-0.39, 0.29) is 11.5 Å². The normalized spacial score (nSPS) is 17.3. The first-order chi connectivity index (χ1) is 17.2. The summed E-state index contributed by atoms with van der Waals surface area (Å²) in [5.41, 5.74) is 7.70. The third-order valence-corrected chi connectivity index (χ3v) is 7.02. The summed E-state index contributed by atoms with van der Waals surface area (Å²) in [5, 5.41) is 0. The molecule has 0 saturated carbocycles. The average molecular weight is 471 g/mol. The second kappa shape index (κ2) is 9.24. The van der Waals surface area contributed by atoms with E-state index >= 15 is 0 Å². The van der Waals surface area contributed by atoms with Crippen LogP contribution in [0.5, 0.6) is 0 Å². The van der Waals surface area contributed by atoms with Crippen LogP contribution in [-0.4, -0.2) is 52.3 Å². The summed E-state index contributed by atoms with van der Waals surface area (Å²) in [6, 6.07) is 15.1. The highest BCUT2D eigenvalue weighted by Crippen LogP contribution is 2.34. The van der Waals surface area contributed by atoms with E-state index in [4.69, 9.17) is 4.74 Å². The Morgan fingerprint density at radius 2 is 1.91 bits per heavy atom. The Bertz CT molecular complexity index is 1480. The van der Waals surface area contributed by atoms with Crippen LogP contribution in [0.15, 0.2) is 59.5 Å². The van der Waals surface area contributed by atoms with Crippen molar-refractivity contribution in [1.29, 1.82) is 0 Å². The number of fused-ring (bicyclic) bond motifs is 3. The van der Waals surface area contributed by atoms with Gasteiger partial charge in [-0.25, -0.2) is 9.18 Å². The quantitative estimate of drug-likeness (QED) is 0.492. The van der Waals surface area contributed by atoms with E-state index < -0.39 is 0 Å². The monoisotopic (exact) mass is 470 g/mol. The molecule has 6 nitrogen and oxygen atoms in total. The second-order valence-corrected chi connectivity index (χ2v) is 9.17. The lowest BCUT2D eigenvalue weighted by atomic mass is 9.93. The van der Waals surface area contributed by atoms with Crippen LogP contribution in [0, 0.1) is 5.82 Å². The minimum absolute atomic E-state index is 0.0945. The maximum absolute atomic E-state index is 14.0. The highest BCUT2D eigenvalue weighted by molar-refractivity contribution is 5.94. The van der Waals surface area contributed by atoms with Gasteiger partial charge in [-0.05, 0) is 71.5 Å². The standard InChI is InChI=1S/C28H27FN4O2/c29-21-5-6-22-20(18-21)4-7-25-23(2-1-9-30-25)24(22)16-19-3-8-27-26(17-19)31-28(34)33(27)11-10-32-12-14-35-15-13-32/h1-3,5-6,8-9,16-18H,4,7,10-15H2,(H,31,34)/b24-16+. The topological polar surface area (TPSA) is 63.2 Å². The van der Waals surface area contributed by atoms with Crippen molar-refractivity contribution in [2.45, 2.75) is 19.4 Å². The van der Waals surface area contributed by atoms with Gasteiger partial charge in [0.25, 0.3) is 0 Å². The fourth-order valence-corrected chi connectivity index (χ4v) is 5.19. The van der Waals surface area contributed by atoms with Gasteiger partial charge in [-0.3, -0.25) is 14.5 Å². The van der Waals surface area contributed by atoms with E-state index in [2.05, 4.69) is 27.0 Å². The lowest BCUT2D eigenvalue weighted by molar-refractivity contribution is 0.0364. The van der Waals surface area contributed by atoms with E-state index in [1.165, 1.54) is 6.07 Å². The van der Waals surface area contributed by atoms with Gasteiger partial charge < -0.3 is 9.72 Å². The molecule has 1 aliphatic carbocycles. The number of morpholine rings is 1. The van der Waals surface area contributed by atoms with Gasteiger partial charge in [-0.2, -0.15) is 0 Å². The highest BCUT2D eigenvalue weighted by atomic mass is 19.1. The Morgan fingerprint density at radius 1 is 1.03 bits per heavy atom. The molecule has 3 heterocycles. The zero-order chi connectivity index (χ0) is 23.8. The van der Waals surface area contributed by atoms with Crippen molar-refractivity contribution >= 4 is 22.7 Å². The highest BCUT2D eigenvalue weighted by Gasteiger charge is 2.20. The van der Waals surface area contributed by atoms with Crippen molar-refractivity contribution in [1.82, 2.24) is 19.4 Å². The first kappa shape index (κ1) is 21.9. The third kappa shape index (κ3) is 4.33. The molecule has 0 atom stereocenters. The van der Waals surface area contributed by atoms with E-state index in [1.54, 1.807) is 6.07 Å². The minimum Gasteiger partial charge on any atom is -0.379 e. The fourth-order valence-electron chi connectivity index (χ4n) is 5.19. The molecule has 1 aliphatic heterocycles. The zero-order valence-electron chi connectivity index (χ0n) is 19.5. The largest absolute Gasteiger partial charge is 0.379 e. The summed E-state index contributed by atoms with van der Waals surface area (Å²) in [7, 11) is 0. The number of aromatic nitrogens is 3. The maximum Gasteiger partial charge on any atom is 0.326 e. The Hall–Kier alpha value is -3.55. The molecule has 0 radical (unpaired) electrons. The summed E-state index contributed by atoms with van der Waals surface area (Å²) in [5.74, 6) is -0.223. The molecule has 2 aromatic heterocycles. The number of aromatic amines is 1. The van der Waals surface area contributed by atoms with E-state index in [1.807, 2.05) is 41.1 Å². The number of rotatable bonds is 4. The molecule has 1 fully saturated rings. The molecule has 1 saturated heterocycles. The molecule has 0 amide bonds. The van der Waals surface area contributed by atoms with Crippen molar-refractivity contribution in [3.05, 3.63) is 99.0 Å². The number of hydrogen-bond donors (Lipinski definition) is 1. The van der Waals surface area contributed by atoms with Gasteiger partial charge in [-0.15, -0.1) is 0 Å². The minimum atomic E-state index is -0.223. The molecule has 35 heavy (non-hydrogen) atoms. The first-order valence-electron chi connectivity index (χ1n) is 12.1. The van der Waals surface area contributed by atoms with Crippen LogP contribution in [0.3, 0.4) is 0 Å². The molecule has 0 unspecified atom stereocenters. The molecule has 0 spiro atoms. The molecule has 7 heteroatoms. The molecule has 2 aliphatic rings. The SMILES string of the molecule is O=c1[nH]c2cc(/C=C3\c4ccc(F)cc4CCc4ncccc43)ccc2n1CCN1CCOCC1. The number of imidazole rings is 1. The number of halogens is 1. The predicted molar refractivity (Wildman–Crippen MR) is 135 cm³/mol. The molecule has 2 aromatic carbocycles. The van der Waals surface area contributed by atoms with Crippen LogP contribution in [0.25, 0.3) is 22.7 Å². The summed E-state index contributed by atoms with van der Waals surface area (Å²) in [6.07, 6.45) is 5.43. The third-order valence-electron chi connectivity index (χ3n) is 7.02. The van der Waals surface area contributed by atoms with Crippen molar-refractivity contribution in [3.8, 4) is 0 Å².